The van der Waals surface area contributed by atoms with Crippen molar-refractivity contribution in [2.75, 3.05) is 12.4 Å². The van der Waals surface area contributed by atoms with E-state index in [2.05, 4.69) is 10.3 Å². The van der Waals surface area contributed by atoms with E-state index in [0.717, 1.165) is 5.75 Å². The summed E-state index contributed by atoms with van der Waals surface area (Å²) in [6, 6.07) is 0. The zero-order valence-corrected chi connectivity index (χ0v) is 12.5. The van der Waals surface area contributed by atoms with E-state index in [1.165, 1.54) is 22.5 Å². The summed E-state index contributed by atoms with van der Waals surface area (Å²) in [5.41, 5.74) is -0.745. The highest BCUT2D eigenvalue weighted by atomic mass is 32.2. The molecule has 110 valence electrons. The number of carbonyl (C=O) groups excluding carboxylic acids is 1. The van der Waals surface area contributed by atoms with Gasteiger partial charge >= 0.3 is 0 Å². The third-order valence-electron chi connectivity index (χ3n) is 3.66. The van der Waals surface area contributed by atoms with Gasteiger partial charge < -0.3 is 10.4 Å². The summed E-state index contributed by atoms with van der Waals surface area (Å²) in [5.74, 6) is 0.386. The molecule has 2 heterocycles. The van der Waals surface area contributed by atoms with Crippen molar-refractivity contribution in [3.63, 3.8) is 0 Å². The monoisotopic (exact) mass is 297 g/mol. The van der Waals surface area contributed by atoms with E-state index in [0.29, 0.717) is 24.5 Å². The zero-order valence-electron chi connectivity index (χ0n) is 11.7. The van der Waals surface area contributed by atoms with Crippen LogP contribution in [0.5, 0.6) is 0 Å². The minimum Gasteiger partial charge on any atom is -0.396 e. The normalized spacial score (nSPS) is 16.6. The predicted octanol–water partition coefficient (Wildman–Crippen LogP) is 0.630. The van der Waals surface area contributed by atoms with Crippen LogP contribution in [0.1, 0.15) is 37.0 Å². The number of aliphatic hydroxyl groups is 1. The lowest BCUT2D eigenvalue weighted by molar-refractivity contribution is 0.0883. The maximum absolute atomic E-state index is 12.3. The first-order chi connectivity index (χ1) is 9.50. The molecule has 7 heteroatoms. The Labute approximate surface area is 121 Å². The number of carbonyl (C=O) groups is 1. The highest BCUT2D eigenvalue weighted by molar-refractivity contribution is 7.99. The van der Waals surface area contributed by atoms with E-state index in [-0.39, 0.29) is 17.7 Å². The molecule has 2 N–H and O–H groups in total. The van der Waals surface area contributed by atoms with Gasteiger partial charge in [-0.05, 0) is 19.8 Å². The molecule has 1 unspecified atom stereocenters. The Morgan fingerprint density at radius 2 is 2.40 bits per heavy atom. The molecular formula is C13H19N3O3S. The van der Waals surface area contributed by atoms with E-state index in [1.807, 2.05) is 13.8 Å². The van der Waals surface area contributed by atoms with Crippen LogP contribution in [0.3, 0.4) is 0 Å². The summed E-state index contributed by atoms with van der Waals surface area (Å²) in [5, 5.41) is 12.6. The maximum atomic E-state index is 12.3. The number of amides is 1. The number of hydrogen-bond acceptors (Lipinski definition) is 5. The largest absolute Gasteiger partial charge is 0.396 e. The molecule has 1 aromatic heterocycles. The molecule has 1 aliphatic heterocycles. The van der Waals surface area contributed by atoms with Gasteiger partial charge in [0.05, 0.1) is 0 Å². The summed E-state index contributed by atoms with van der Waals surface area (Å²) in [4.78, 5) is 28.7. The minimum atomic E-state index is -0.517. The van der Waals surface area contributed by atoms with Crippen LogP contribution in [0.4, 0.5) is 0 Å². The van der Waals surface area contributed by atoms with Gasteiger partial charge in [0.1, 0.15) is 5.56 Å². The Kier molecular flexibility index (Phi) is 4.49. The van der Waals surface area contributed by atoms with Gasteiger partial charge in [0, 0.05) is 30.6 Å². The molecule has 1 aromatic rings. The van der Waals surface area contributed by atoms with E-state index < -0.39 is 11.4 Å². The number of rotatable bonds is 5. The third kappa shape index (κ3) is 2.88. The average molecular weight is 297 g/mol. The Morgan fingerprint density at radius 1 is 1.65 bits per heavy atom. The van der Waals surface area contributed by atoms with Gasteiger partial charge in [-0.3, -0.25) is 14.2 Å². The molecule has 1 atom stereocenters. The van der Waals surface area contributed by atoms with Crippen molar-refractivity contribution in [2.45, 2.75) is 43.9 Å². The predicted molar refractivity (Wildman–Crippen MR) is 77.1 cm³/mol. The van der Waals surface area contributed by atoms with Gasteiger partial charge in [-0.2, -0.15) is 0 Å². The second-order valence-electron chi connectivity index (χ2n) is 5.10. The van der Waals surface area contributed by atoms with Crippen LogP contribution in [-0.2, 0) is 6.54 Å². The second-order valence-corrected chi connectivity index (χ2v) is 6.16. The Morgan fingerprint density at radius 3 is 3.05 bits per heavy atom. The highest BCUT2D eigenvalue weighted by Gasteiger charge is 2.27. The quantitative estimate of drug-likeness (QED) is 0.779. The fraction of sp³-hybridized carbons (Fsp3) is 0.615. The number of nitrogens with zero attached hydrogens (tertiary/aromatic N) is 2. The summed E-state index contributed by atoms with van der Waals surface area (Å²) in [7, 11) is 0. The number of fused-ring (bicyclic) bond motifs is 1. The first-order valence-electron chi connectivity index (χ1n) is 6.67. The first-order valence-corrected chi connectivity index (χ1v) is 7.65. The van der Waals surface area contributed by atoms with Crippen LogP contribution in [0.2, 0.25) is 0 Å². The lowest BCUT2D eigenvalue weighted by Gasteiger charge is -2.28. The molecule has 0 spiro atoms. The van der Waals surface area contributed by atoms with Crippen LogP contribution in [0, 0.1) is 0 Å². The standard InChI is InChI=1S/C13H19N3O3S/c1-3-13(2,4-6-17)15-10(18)9-8-14-12-16(11(9)19)5-7-20-12/h8,17H,3-7H2,1-2H3,(H,15,18). The van der Waals surface area contributed by atoms with Crippen molar-refractivity contribution in [1.29, 1.82) is 0 Å². The number of thioether (sulfide) groups is 1. The first kappa shape index (κ1) is 15.1. The van der Waals surface area contributed by atoms with Crippen LogP contribution in [0.25, 0.3) is 0 Å². The smallest absolute Gasteiger partial charge is 0.267 e. The summed E-state index contributed by atoms with van der Waals surface area (Å²) >= 11 is 1.52. The number of aromatic nitrogens is 2. The molecule has 0 aliphatic carbocycles. The Balaban J connectivity index is 2.24. The van der Waals surface area contributed by atoms with Gasteiger partial charge in [0.25, 0.3) is 11.5 Å². The third-order valence-corrected chi connectivity index (χ3v) is 4.63. The van der Waals surface area contributed by atoms with Gasteiger partial charge in [-0.25, -0.2) is 4.98 Å². The molecule has 2 rings (SSSR count). The molecule has 6 nitrogen and oxygen atoms in total. The van der Waals surface area contributed by atoms with E-state index >= 15 is 0 Å². The van der Waals surface area contributed by atoms with Crippen LogP contribution < -0.4 is 10.9 Å². The SMILES string of the molecule is CCC(C)(CCO)NC(=O)c1cnc2n(c1=O)CCS2. The highest BCUT2D eigenvalue weighted by Crippen LogP contribution is 2.21. The molecule has 20 heavy (non-hydrogen) atoms. The molecule has 1 aliphatic rings. The van der Waals surface area contributed by atoms with Crippen molar-refractivity contribution in [1.82, 2.24) is 14.9 Å². The lowest BCUT2D eigenvalue weighted by atomic mass is 9.94. The van der Waals surface area contributed by atoms with E-state index in [9.17, 15) is 9.59 Å². The molecular weight excluding hydrogens is 278 g/mol. The van der Waals surface area contributed by atoms with Gasteiger partial charge in [-0.1, -0.05) is 18.7 Å². The van der Waals surface area contributed by atoms with Crippen molar-refractivity contribution < 1.29 is 9.90 Å². The minimum absolute atomic E-state index is 0.0112. The molecule has 0 saturated carbocycles. The van der Waals surface area contributed by atoms with E-state index in [4.69, 9.17) is 5.11 Å². The topological polar surface area (TPSA) is 84.2 Å². The molecule has 0 saturated heterocycles. The van der Waals surface area contributed by atoms with Crippen molar-refractivity contribution in [3.8, 4) is 0 Å². The van der Waals surface area contributed by atoms with Crippen molar-refractivity contribution >= 4 is 17.7 Å². The number of nitrogens with one attached hydrogen (secondary N) is 1. The fourth-order valence-corrected chi connectivity index (χ4v) is 3.00. The molecule has 1 amide bonds. The Hall–Kier alpha value is -1.34. The van der Waals surface area contributed by atoms with Crippen molar-refractivity contribution in [2.24, 2.45) is 0 Å². The van der Waals surface area contributed by atoms with Crippen LogP contribution in [0.15, 0.2) is 16.1 Å². The lowest BCUT2D eigenvalue weighted by Crippen LogP contribution is -2.48. The van der Waals surface area contributed by atoms with Gasteiger partial charge in [-0.15, -0.1) is 0 Å². The number of aliphatic hydroxyl groups excluding tert-OH is 1. The molecule has 0 radical (unpaired) electrons. The van der Waals surface area contributed by atoms with Gasteiger partial charge in [0.15, 0.2) is 5.16 Å². The van der Waals surface area contributed by atoms with E-state index in [1.54, 1.807) is 0 Å². The summed E-state index contributed by atoms with van der Waals surface area (Å²) < 4.78 is 1.54. The molecule has 0 bridgehead atoms. The molecule has 0 aromatic carbocycles. The Bertz CT molecular complexity index is 572. The van der Waals surface area contributed by atoms with Crippen LogP contribution in [-0.4, -0.2) is 38.5 Å². The van der Waals surface area contributed by atoms with Gasteiger partial charge in [0.2, 0.25) is 0 Å². The summed E-state index contributed by atoms with van der Waals surface area (Å²) in [6.07, 6.45) is 2.47. The summed E-state index contributed by atoms with van der Waals surface area (Å²) in [6.45, 7) is 4.37. The van der Waals surface area contributed by atoms with Crippen LogP contribution >= 0.6 is 11.8 Å². The average Bonchev–Trinajstić information content (AvgIpc) is 2.88. The maximum Gasteiger partial charge on any atom is 0.267 e. The zero-order chi connectivity index (χ0) is 14.8. The fourth-order valence-electron chi connectivity index (χ4n) is 2.09. The molecule has 0 fully saturated rings. The second kappa shape index (κ2) is 5.97. The van der Waals surface area contributed by atoms with Crippen molar-refractivity contribution in [3.05, 3.63) is 22.1 Å². The number of hydrogen-bond donors (Lipinski definition) is 2.